The van der Waals surface area contributed by atoms with E-state index < -0.39 is 0 Å². The minimum absolute atomic E-state index is 0. The summed E-state index contributed by atoms with van der Waals surface area (Å²) in [5.74, 6) is 0.909. The van der Waals surface area contributed by atoms with E-state index >= 15 is 0 Å². The molecule has 0 unspecified atom stereocenters. The maximum Gasteiger partial charge on any atom is 0.191 e. The molecule has 148 valence electrons. The smallest absolute Gasteiger partial charge is 0.191 e. The maximum atomic E-state index is 5.55. The molecule has 0 amide bonds. The number of halogens is 1. The monoisotopic (exact) mass is 468 g/mol. The Bertz CT molecular complexity index is 408. The molecule has 1 aliphatic heterocycles. The summed E-state index contributed by atoms with van der Waals surface area (Å²) in [5.41, 5.74) is 0.547. The van der Waals surface area contributed by atoms with E-state index in [9.17, 15) is 0 Å². The van der Waals surface area contributed by atoms with Crippen molar-refractivity contribution >= 4 is 29.9 Å². The van der Waals surface area contributed by atoms with E-state index in [-0.39, 0.29) is 29.5 Å². The van der Waals surface area contributed by atoms with Crippen LogP contribution in [0.2, 0.25) is 0 Å². The third-order valence-electron chi connectivity index (χ3n) is 6.06. The number of ether oxygens (including phenoxy) is 2. The summed E-state index contributed by atoms with van der Waals surface area (Å²) in [6.45, 7) is 4.40. The normalized spacial score (nSPS) is 22.0. The minimum Gasteiger partial charge on any atom is -0.385 e. The van der Waals surface area contributed by atoms with Crippen molar-refractivity contribution in [1.29, 1.82) is 0 Å². The van der Waals surface area contributed by atoms with Crippen LogP contribution in [0, 0.1) is 5.41 Å². The lowest BCUT2D eigenvalue weighted by Gasteiger charge is -2.44. The highest BCUT2D eigenvalue weighted by Gasteiger charge is 2.37. The van der Waals surface area contributed by atoms with E-state index in [1.807, 2.05) is 7.05 Å². The van der Waals surface area contributed by atoms with Gasteiger partial charge < -0.3 is 25.0 Å². The first-order valence-corrected chi connectivity index (χ1v) is 9.25. The molecule has 7 heteroatoms. The maximum absolute atomic E-state index is 5.55. The Labute approximate surface area is 170 Å². The van der Waals surface area contributed by atoms with Crippen LogP contribution in [0.3, 0.4) is 0 Å². The minimum atomic E-state index is 0. The van der Waals surface area contributed by atoms with Crippen molar-refractivity contribution in [2.45, 2.75) is 44.1 Å². The Morgan fingerprint density at radius 1 is 1.12 bits per heavy atom. The Morgan fingerprint density at radius 3 is 2.24 bits per heavy atom. The van der Waals surface area contributed by atoms with Gasteiger partial charge in [0.15, 0.2) is 5.96 Å². The van der Waals surface area contributed by atoms with Crippen LogP contribution in [-0.2, 0) is 9.47 Å². The summed E-state index contributed by atoms with van der Waals surface area (Å²) in [6.07, 6.45) is 7.16. The van der Waals surface area contributed by atoms with Gasteiger partial charge in [-0.1, -0.05) is 6.42 Å². The van der Waals surface area contributed by atoms with Gasteiger partial charge in [0.1, 0.15) is 0 Å². The lowest BCUT2D eigenvalue weighted by molar-refractivity contribution is -0.00506. The van der Waals surface area contributed by atoms with Crippen molar-refractivity contribution in [2.24, 2.45) is 10.4 Å². The molecular formula is C18H37IN4O2. The second-order valence-electron chi connectivity index (χ2n) is 7.61. The average Bonchev–Trinajstić information content (AvgIpc) is 2.56. The number of hydrogen-bond donors (Lipinski definition) is 2. The standard InChI is InChI=1S/C18H36N4O2.HI/c1-19-16(20-14-17(6-5-7-17)8-11-23-4)21-15-18(22(2)3)9-12-24-13-10-18;/h5-15H2,1-4H3,(H2,19,20,21);1H. The van der Waals surface area contributed by atoms with E-state index in [0.29, 0.717) is 5.41 Å². The van der Waals surface area contributed by atoms with Gasteiger partial charge in [-0.3, -0.25) is 4.99 Å². The summed E-state index contributed by atoms with van der Waals surface area (Å²) in [5, 5.41) is 7.10. The third-order valence-corrected chi connectivity index (χ3v) is 6.06. The first-order valence-electron chi connectivity index (χ1n) is 9.25. The van der Waals surface area contributed by atoms with E-state index in [4.69, 9.17) is 9.47 Å². The molecule has 0 aromatic heterocycles. The van der Waals surface area contributed by atoms with E-state index in [1.165, 1.54) is 19.3 Å². The summed E-state index contributed by atoms with van der Waals surface area (Å²) in [4.78, 5) is 6.75. The van der Waals surface area contributed by atoms with E-state index in [1.54, 1.807) is 7.11 Å². The number of rotatable bonds is 8. The molecule has 0 aromatic carbocycles. The predicted octanol–water partition coefficient (Wildman–Crippen LogP) is 2.09. The number of nitrogens with zero attached hydrogens (tertiary/aromatic N) is 2. The number of likely N-dealkylation sites (N-methyl/N-ethyl adjacent to an activating group) is 1. The zero-order chi connectivity index (χ0) is 17.5. The van der Waals surface area contributed by atoms with Crippen molar-refractivity contribution in [2.75, 3.05) is 61.2 Å². The second kappa shape index (κ2) is 10.9. The quantitative estimate of drug-likeness (QED) is 0.325. The van der Waals surface area contributed by atoms with Gasteiger partial charge in [-0.2, -0.15) is 0 Å². The summed E-state index contributed by atoms with van der Waals surface area (Å²) in [7, 11) is 7.97. The molecule has 0 atom stereocenters. The van der Waals surface area contributed by atoms with Crippen molar-refractivity contribution in [3.8, 4) is 0 Å². The van der Waals surface area contributed by atoms with Gasteiger partial charge in [-0.15, -0.1) is 24.0 Å². The Morgan fingerprint density at radius 2 is 1.76 bits per heavy atom. The Hall–Kier alpha value is -0.120. The summed E-state index contributed by atoms with van der Waals surface area (Å²) >= 11 is 0. The van der Waals surface area contributed by atoms with Crippen molar-refractivity contribution in [1.82, 2.24) is 15.5 Å². The van der Waals surface area contributed by atoms with Gasteiger partial charge in [0.25, 0.3) is 0 Å². The zero-order valence-corrected chi connectivity index (χ0v) is 18.7. The van der Waals surface area contributed by atoms with Crippen molar-refractivity contribution in [3.63, 3.8) is 0 Å². The summed E-state index contributed by atoms with van der Waals surface area (Å²) < 4.78 is 10.8. The molecule has 1 aliphatic carbocycles. The van der Waals surface area contributed by atoms with Gasteiger partial charge in [0.2, 0.25) is 0 Å². The topological polar surface area (TPSA) is 58.1 Å². The van der Waals surface area contributed by atoms with Crippen LogP contribution in [-0.4, -0.2) is 77.6 Å². The van der Waals surface area contributed by atoms with Crippen molar-refractivity contribution in [3.05, 3.63) is 0 Å². The summed E-state index contributed by atoms with van der Waals surface area (Å²) in [6, 6.07) is 0. The van der Waals surface area contributed by atoms with Gasteiger partial charge in [0, 0.05) is 52.6 Å². The fraction of sp³-hybridized carbons (Fsp3) is 0.944. The second-order valence-corrected chi connectivity index (χ2v) is 7.61. The van der Waals surface area contributed by atoms with Crippen LogP contribution >= 0.6 is 24.0 Å². The third kappa shape index (κ3) is 6.22. The van der Waals surface area contributed by atoms with Gasteiger partial charge in [-0.25, -0.2) is 0 Å². The number of guanidine groups is 1. The van der Waals surface area contributed by atoms with Crippen molar-refractivity contribution < 1.29 is 9.47 Å². The number of aliphatic imine (C=N–C) groups is 1. The fourth-order valence-corrected chi connectivity index (χ4v) is 3.78. The molecular weight excluding hydrogens is 431 g/mol. The zero-order valence-electron chi connectivity index (χ0n) is 16.4. The Balaban J connectivity index is 0.00000312. The van der Waals surface area contributed by atoms with Crippen LogP contribution in [0.1, 0.15) is 38.5 Å². The Kier molecular flexibility index (Phi) is 9.98. The number of hydrogen-bond acceptors (Lipinski definition) is 4. The number of methoxy groups -OCH3 is 1. The molecule has 2 fully saturated rings. The molecule has 0 bridgehead atoms. The molecule has 2 N–H and O–H groups in total. The molecule has 0 aromatic rings. The first kappa shape index (κ1) is 22.9. The lowest BCUT2D eigenvalue weighted by atomic mass is 9.67. The lowest BCUT2D eigenvalue weighted by Crippen LogP contribution is -2.57. The van der Waals surface area contributed by atoms with Gasteiger partial charge >= 0.3 is 0 Å². The highest BCUT2D eigenvalue weighted by Crippen LogP contribution is 2.43. The van der Waals surface area contributed by atoms with Crippen LogP contribution < -0.4 is 10.6 Å². The fourth-order valence-electron chi connectivity index (χ4n) is 3.78. The van der Waals surface area contributed by atoms with E-state index in [0.717, 1.165) is 58.1 Å². The van der Waals surface area contributed by atoms with Crippen LogP contribution in [0.15, 0.2) is 4.99 Å². The average molecular weight is 468 g/mol. The first-order chi connectivity index (χ1) is 11.6. The molecule has 0 spiro atoms. The largest absolute Gasteiger partial charge is 0.385 e. The molecule has 25 heavy (non-hydrogen) atoms. The molecule has 2 rings (SSSR count). The molecule has 6 nitrogen and oxygen atoms in total. The van der Waals surface area contributed by atoms with Gasteiger partial charge in [-0.05, 0) is 51.6 Å². The van der Waals surface area contributed by atoms with Gasteiger partial charge in [0.05, 0.1) is 0 Å². The van der Waals surface area contributed by atoms with Crippen LogP contribution in [0.4, 0.5) is 0 Å². The molecule has 1 saturated heterocycles. The number of nitrogens with one attached hydrogen (secondary N) is 2. The SMILES string of the molecule is CN=C(NCC1(CCOC)CCC1)NCC1(N(C)C)CCOCC1.I. The van der Waals surface area contributed by atoms with Crippen LogP contribution in [0.25, 0.3) is 0 Å². The predicted molar refractivity (Wildman–Crippen MR) is 114 cm³/mol. The van der Waals surface area contributed by atoms with E-state index in [2.05, 4.69) is 34.6 Å². The molecule has 0 radical (unpaired) electrons. The molecule has 2 aliphatic rings. The molecule has 1 saturated carbocycles. The van der Waals surface area contributed by atoms with Crippen LogP contribution in [0.5, 0.6) is 0 Å². The highest BCUT2D eigenvalue weighted by atomic mass is 127. The highest BCUT2D eigenvalue weighted by molar-refractivity contribution is 14.0. The molecule has 1 heterocycles.